The van der Waals surface area contributed by atoms with E-state index in [1.54, 1.807) is 20.3 Å². The summed E-state index contributed by atoms with van der Waals surface area (Å²) in [7, 11) is 3.16. The summed E-state index contributed by atoms with van der Waals surface area (Å²) in [6.45, 7) is 1.96. The highest BCUT2D eigenvalue weighted by molar-refractivity contribution is 14.1. The molecule has 2 aromatic carbocycles. The first-order chi connectivity index (χ1) is 12.0. The highest BCUT2D eigenvalue weighted by Gasteiger charge is 2.07. The Kier molecular flexibility index (Phi) is 7.05. The van der Waals surface area contributed by atoms with Crippen LogP contribution in [-0.2, 0) is 4.79 Å². The molecule has 0 spiro atoms. The summed E-state index contributed by atoms with van der Waals surface area (Å²) in [4.78, 5) is 11.9. The number of hydrogen-bond acceptors (Lipinski definition) is 5. The zero-order chi connectivity index (χ0) is 18.2. The van der Waals surface area contributed by atoms with Crippen LogP contribution in [0.4, 0.5) is 5.69 Å². The van der Waals surface area contributed by atoms with Gasteiger partial charge in [0.2, 0.25) is 0 Å². The lowest BCUT2D eigenvalue weighted by atomic mass is 10.1. The molecule has 0 radical (unpaired) electrons. The third-order valence-corrected chi connectivity index (χ3v) is 4.17. The summed E-state index contributed by atoms with van der Waals surface area (Å²) < 4.78 is 11.6. The van der Waals surface area contributed by atoms with Crippen molar-refractivity contribution >= 4 is 39.9 Å². The van der Waals surface area contributed by atoms with Crippen molar-refractivity contribution in [3.8, 4) is 11.5 Å². The summed E-state index contributed by atoms with van der Waals surface area (Å²) in [6, 6.07) is 13.3. The fourth-order valence-electron chi connectivity index (χ4n) is 2.06. The minimum atomic E-state index is -0.224. The number of amides is 1. The van der Waals surface area contributed by atoms with Crippen LogP contribution in [-0.4, -0.2) is 32.4 Å². The number of hydrazone groups is 1. The van der Waals surface area contributed by atoms with Crippen LogP contribution in [0.15, 0.2) is 47.6 Å². The zero-order valence-electron chi connectivity index (χ0n) is 14.3. The number of halogens is 1. The van der Waals surface area contributed by atoms with E-state index in [0.717, 1.165) is 14.8 Å². The van der Waals surface area contributed by atoms with Gasteiger partial charge < -0.3 is 14.8 Å². The number of benzene rings is 2. The van der Waals surface area contributed by atoms with Crippen molar-refractivity contribution in [3.63, 3.8) is 0 Å². The van der Waals surface area contributed by atoms with Crippen molar-refractivity contribution < 1.29 is 14.3 Å². The molecule has 0 unspecified atom stereocenters. The second kappa shape index (κ2) is 9.26. The van der Waals surface area contributed by atoms with Gasteiger partial charge in [0, 0.05) is 14.8 Å². The van der Waals surface area contributed by atoms with Crippen LogP contribution in [0, 0.1) is 3.57 Å². The van der Waals surface area contributed by atoms with Gasteiger partial charge in [-0.25, -0.2) is 5.43 Å². The van der Waals surface area contributed by atoms with E-state index >= 15 is 0 Å². The van der Waals surface area contributed by atoms with Crippen molar-refractivity contribution in [3.05, 3.63) is 51.6 Å². The molecule has 0 saturated carbocycles. The first-order valence-electron chi connectivity index (χ1n) is 7.58. The lowest BCUT2D eigenvalue weighted by Gasteiger charge is -2.10. The largest absolute Gasteiger partial charge is 0.493 e. The fraction of sp³-hybridized carbons (Fsp3) is 0.222. The molecule has 0 heterocycles. The molecular weight excluding hydrogens is 433 g/mol. The predicted octanol–water partition coefficient (Wildman–Crippen LogP) is 3.26. The lowest BCUT2D eigenvalue weighted by Crippen LogP contribution is -2.26. The molecule has 0 aliphatic carbocycles. The van der Waals surface area contributed by atoms with Crippen molar-refractivity contribution in [2.75, 3.05) is 26.1 Å². The van der Waals surface area contributed by atoms with Crippen LogP contribution in [0.1, 0.15) is 12.5 Å². The second-order valence-corrected chi connectivity index (χ2v) is 6.41. The van der Waals surface area contributed by atoms with E-state index in [1.165, 1.54) is 0 Å². The van der Waals surface area contributed by atoms with Gasteiger partial charge in [-0.1, -0.05) is 0 Å². The number of nitrogens with zero attached hydrogens (tertiary/aromatic N) is 1. The molecule has 132 valence electrons. The Morgan fingerprint density at radius 2 is 1.76 bits per heavy atom. The van der Waals surface area contributed by atoms with Crippen molar-refractivity contribution in [1.29, 1.82) is 0 Å². The van der Waals surface area contributed by atoms with Crippen LogP contribution in [0.2, 0.25) is 0 Å². The number of anilines is 1. The summed E-state index contributed by atoms with van der Waals surface area (Å²) in [5.41, 5.74) is 4.93. The lowest BCUT2D eigenvalue weighted by molar-refractivity contribution is -0.119. The molecule has 0 bridgehead atoms. The quantitative estimate of drug-likeness (QED) is 0.384. The van der Waals surface area contributed by atoms with Crippen LogP contribution in [0.3, 0.4) is 0 Å². The molecule has 25 heavy (non-hydrogen) atoms. The van der Waals surface area contributed by atoms with E-state index in [1.807, 2.05) is 43.3 Å². The molecule has 0 aromatic heterocycles. The number of ether oxygens (including phenoxy) is 2. The van der Waals surface area contributed by atoms with Crippen molar-refractivity contribution in [1.82, 2.24) is 5.43 Å². The molecular formula is C18H20IN3O3. The summed E-state index contributed by atoms with van der Waals surface area (Å²) in [6.07, 6.45) is 0. The standard InChI is InChI=1S/C18H20IN3O3/c1-12(13-4-9-16(24-2)17(10-13)25-3)21-22-18(23)11-20-15-7-5-14(19)6-8-15/h4-10,20H,11H2,1-3H3,(H,22,23)/b21-12+. The first kappa shape index (κ1) is 19.0. The summed E-state index contributed by atoms with van der Waals surface area (Å²) in [5, 5.41) is 7.18. The maximum Gasteiger partial charge on any atom is 0.259 e. The highest BCUT2D eigenvalue weighted by Crippen LogP contribution is 2.27. The number of nitrogens with one attached hydrogen (secondary N) is 2. The average molecular weight is 453 g/mol. The Morgan fingerprint density at radius 1 is 1.08 bits per heavy atom. The Hall–Kier alpha value is -2.29. The van der Waals surface area contributed by atoms with Crippen molar-refractivity contribution in [2.45, 2.75) is 6.92 Å². The average Bonchev–Trinajstić information content (AvgIpc) is 2.64. The summed E-state index contributed by atoms with van der Waals surface area (Å²) in [5.74, 6) is 1.03. The SMILES string of the molecule is COc1ccc(/C(C)=N/NC(=O)CNc2ccc(I)cc2)cc1OC. The normalized spacial score (nSPS) is 11.0. The van der Waals surface area contributed by atoms with Gasteiger partial charge in [-0.15, -0.1) is 0 Å². The fourth-order valence-corrected chi connectivity index (χ4v) is 2.42. The molecule has 2 N–H and O–H groups in total. The predicted molar refractivity (Wildman–Crippen MR) is 108 cm³/mol. The molecule has 0 atom stereocenters. The number of methoxy groups -OCH3 is 2. The third kappa shape index (κ3) is 5.63. The number of rotatable bonds is 7. The molecule has 0 aliphatic rings. The topological polar surface area (TPSA) is 72.0 Å². The van der Waals surface area contributed by atoms with E-state index in [4.69, 9.17) is 9.47 Å². The third-order valence-electron chi connectivity index (χ3n) is 3.45. The van der Waals surface area contributed by atoms with Gasteiger partial charge in [-0.05, 0) is 72.0 Å². The van der Waals surface area contributed by atoms with Crippen LogP contribution in [0.25, 0.3) is 0 Å². The van der Waals surface area contributed by atoms with Gasteiger partial charge in [-0.3, -0.25) is 4.79 Å². The monoisotopic (exact) mass is 453 g/mol. The molecule has 0 fully saturated rings. The number of carbonyl (C=O) groups is 1. The number of carbonyl (C=O) groups excluding carboxylic acids is 1. The van der Waals surface area contributed by atoms with Crippen LogP contribution in [0.5, 0.6) is 11.5 Å². The molecule has 1 amide bonds. The Labute approximate surface area is 160 Å². The van der Waals surface area contributed by atoms with Crippen LogP contribution >= 0.6 is 22.6 Å². The summed E-state index contributed by atoms with van der Waals surface area (Å²) >= 11 is 2.23. The van der Waals surface area contributed by atoms with Gasteiger partial charge >= 0.3 is 0 Å². The van der Waals surface area contributed by atoms with Gasteiger partial charge in [-0.2, -0.15) is 5.10 Å². The van der Waals surface area contributed by atoms with E-state index < -0.39 is 0 Å². The smallest absolute Gasteiger partial charge is 0.259 e. The van der Waals surface area contributed by atoms with Crippen LogP contribution < -0.4 is 20.2 Å². The Balaban J connectivity index is 1.93. The minimum absolute atomic E-state index is 0.142. The van der Waals surface area contributed by atoms with E-state index in [-0.39, 0.29) is 12.5 Å². The van der Waals surface area contributed by atoms with E-state index in [2.05, 4.69) is 38.4 Å². The maximum atomic E-state index is 11.9. The van der Waals surface area contributed by atoms with Gasteiger partial charge in [0.05, 0.1) is 26.5 Å². The molecule has 0 aliphatic heterocycles. The van der Waals surface area contributed by atoms with E-state index in [0.29, 0.717) is 17.2 Å². The molecule has 6 nitrogen and oxygen atoms in total. The van der Waals surface area contributed by atoms with E-state index in [9.17, 15) is 4.79 Å². The number of hydrogen-bond donors (Lipinski definition) is 2. The maximum absolute atomic E-state index is 11.9. The highest BCUT2D eigenvalue weighted by atomic mass is 127. The van der Waals surface area contributed by atoms with Crippen molar-refractivity contribution in [2.24, 2.45) is 5.10 Å². The van der Waals surface area contributed by atoms with Gasteiger partial charge in [0.1, 0.15) is 0 Å². The molecule has 2 rings (SSSR count). The first-order valence-corrected chi connectivity index (χ1v) is 8.66. The zero-order valence-corrected chi connectivity index (χ0v) is 16.5. The molecule has 7 heteroatoms. The Morgan fingerprint density at radius 3 is 2.40 bits per heavy atom. The minimum Gasteiger partial charge on any atom is -0.493 e. The molecule has 0 saturated heterocycles. The van der Waals surface area contributed by atoms with Gasteiger partial charge in [0.15, 0.2) is 11.5 Å². The Bertz CT molecular complexity index is 761. The second-order valence-electron chi connectivity index (χ2n) is 5.16. The van der Waals surface area contributed by atoms with Gasteiger partial charge in [0.25, 0.3) is 5.91 Å². The molecule has 2 aromatic rings.